The molecule has 0 saturated heterocycles. The highest BCUT2D eigenvalue weighted by molar-refractivity contribution is 5.92. The number of aliphatic carboxylic acids is 1. The summed E-state index contributed by atoms with van der Waals surface area (Å²) in [6.07, 6.45) is 2.67. The lowest BCUT2D eigenvalue weighted by Crippen LogP contribution is -2.55. The average Bonchev–Trinajstić information content (AvgIpc) is 3.08. The average molecular weight is 370 g/mol. The lowest BCUT2D eigenvalue weighted by molar-refractivity contribution is -0.143. The van der Waals surface area contributed by atoms with Gasteiger partial charge >= 0.3 is 5.97 Å². The zero-order chi connectivity index (χ0) is 19.7. The van der Waals surface area contributed by atoms with Gasteiger partial charge in [-0.3, -0.25) is 14.4 Å². The molecule has 0 fully saturated rings. The fourth-order valence-electron chi connectivity index (χ4n) is 2.02. The summed E-state index contributed by atoms with van der Waals surface area (Å²) in [5.41, 5.74) is 11.4. The number of imidazole rings is 1. The number of nitrogens with one attached hydrogen (secondary N) is 3. The highest BCUT2D eigenvalue weighted by Gasteiger charge is 2.28. The van der Waals surface area contributed by atoms with Crippen molar-refractivity contribution in [2.45, 2.75) is 37.4 Å². The Hall–Kier alpha value is -2.99. The summed E-state index contributed by atoms with van der Waals surface area (Å²) in [4.78, 5) is 52.8. The van der Waals surface area contributed by atoms with Crippen LogP contribution >= 0.6 is 0 Å². The summed E-state index contributed by atoms with van der Waals surface area (Å²) in [7, 11) is 0. The van der Waals surface area contributed by atoms with Crippen LogP contribution in [0.4, 0.5) is 0 Å². The number of hydrogen-bond acceptors (Lipinski definition) is 7. The number of rotatable bonds is 11. The van der Waals surface area contributed by atoms with E-state index in [0.717, 1.165) is 0 Å². The van der Waals surface area contributed by atoms with Crippen LogP contribution in [0.25, 0.3) is 0 Å². The smallest absolute Gasteiger partial charge is 0.328 e. The number of nitrogens with two attached hydrogens (primary N) is 2. The van der Waals surface area contributed by atoms with Crippen molar-refractivity contribution in [3.05, 3.63) is 18.2 Å². The molecule has 0 saturated carbocycles. The quantitative estimate of drug-likeness (QED) is 0.208. The van der Waals surface area contributed by atoms with E-state index in [-0.39, 0.29) is 19.3 Å². The number of hydrogen-bond donors (Lipinski definition) is 7. The SMILES string of the molecule is NC(=O)CC[C@H](NC(=O)[C@@H](N)Cc1cnc[nH]1)C(=O)N[C@@H](CO)C(=O)O. The van der Waals surface area contributed by atoms with Crippen LogP contribution in [0.2, 0.25) is 0 Å². The number of carboxylic acid groups (broad SMARTS) is 1. The van der Waals surface area contributed by atoms with Crippen molar-refractivity contribution in [2.75, 3.05) is 6.61 Å². The highest BCUT2D eigenvalue weighted by Crippen LogP contribution is 2.02. The molecule has 0 aromatic carbocycles. The summed E-state index contributed by atoms with van der Waals surface area (Å²) < 4.78 is 0. The Kier molecular flexibility index (Phi) is 8.18. The van der Waals surface area contributed by atoms with Gasteiger partial charge in [0, 0.05) is 24.7 Å². The number of nitrogens with zero attached hydrogens (tertiary/aromatic N) is 1. The first kappa shape index (κ1) is 21.1. The van der Waals surface area contributed by atoms with Crippen molar-refractivity contribution >= 4 is 23.7 Å². The highest BCUT2D eigenvalue weighted by atomic mass is 16.4. The van der Waals surface area contributed by atoms with Gasteiger partial charge in [-0.25, -0.2) is 9.78 Å². The molecule has 0 aliphatic carbocycles. The third-order valence-electron chi connectivity index (χ3n) is 3.44. The number of aromatic amines is 1. The molecule has 1 aromatic rings. The van der Waals surface area contributed by atoms with Gasteiger partial charge in [-0.05, 0) is 6.42 Å². The lowest BCUT2D eigenvalue weighted by Gasteiger charge is -2.22. The molecule has 0 unspecified atom stereocenters. The first-order chi connectivity index (χ1) is 12.2. The number of carboxylic acids is 1. The van der Waals surface area contributed by atoms with E-state index in [4.69, 9.17) is 21.7 Å². The van der Waals surface area contributed by atoms with E-state index in [1.165, 1.54) is 12.5 Å². The van der Waals surface area contributed by atoms with Crippen molar-refractivity contribution in [1.82, 2.24) is 20.6 Å². The predicted octanol–water partition coefficient (Wildman–Crippen LogP) is -3.41. The summed E-state index contributed by atoms with van der Waals surface area (Å²) in [6.45, 7) is -0.836. The van der Waals surface area contributed by atoms with Crippen LogP contribution in [0.3, 0.4) is 0 Å². The molecule has 0 spiro atoms. The Balaban J connectivity index is 2.74. The van der Waals surface area contributed by atoms with Crippen LogP contribution in [0, 0.1) is 0 Å². The summed E-state index contributed by atoms with van der Waals surface area (Å²) in [6, 6.07) is -3.79. The number of H-pyrrole nitrogens is 1. The van der Waals surface area contributed by atoms with Gasteiger partial charge in [0.15, 0.2) is 0 Å². The fraction of sp³-hybridized carbons (Fsp3) is 0.500. The van der Waals surface area contributed by atoms with Crippen molar-refractivity contribution in [3.8, 4) is 0 Å². The van der Waals surface area contributed by atoms with Crippen molar-refractivity contribution in [1.29, 1.82) is 0 Å². The van der Waals surface area contributed by atoms with Crippen molar-refractivity contribution in [2.24, 2.45) is 11.5 Å². The number of aliphatic hydroxyl groups is 1. The van der Waals surface area contributed by atoms with E-state index >= 15 is 0 Å². The molecule has 3 atom stereocenters. The molecule has 12 nitrogen and oxygen atoms in total. The molecule has 1 aromatic heterocycles. The van der Waals surface area contributed by atoms with Crippen LogP contribution in [-0.2, 0) is 25.6 Å². The Labute approximate surface area is 148 Å². The Bertz CT molecular complexity index is 634. The molecule has 3 amide bonds. The second-order valence-electron chi connectivity index (χ2n) is 5.54. The maximum absolute atomic E-state index is 12.2. The predicted molar refractivity (Wildman–Crippen MR) is 87.3 cm³/mol. The molecule has 1 rings (SSSR count). The van der Waals surface area contributed by atoms with E-state index in [0.29, 0.717) is 5.69 Å². The van der Waals surface area contributed by atoms with Gasteiger partial charge < -0.3 is 37.3 Å². The Morgan fingerprint density at radius 1 is 1.19 bits per heavy atom. The van der Waals surface area contributed by atoms with E-state index in [1.807, 2.05) is 0 Å². The number of primary amides is 1. The third-order valence-corrected chi connectivity index (χ3v) is 3.44. The van der Waals surface area contributed by atoms with Gasteiger partial charge in [0.05, 0.1) is 19.0 Å². The molecular formula is C14H22N6O6. The fourth-order valence-corrected chi connectivity index (χ4v) is 2.02. The standard InChI is InChI=1S/C14H22N6O6/c15-8(3-7-4-17-6-18-7)12(23)19-9(1-2-11(16)22)13(24)20-10(5-21)14(25)26/h4,6,8-10,21H,1-3,5,15H2,(H2,16,22)(H,17,18)(H,19,23)(H,20,24)(H,25,26)/t8-,9-,10-/m0/s1. The molecule has 9 N–H and O–H groups in total. The van der Waals surface area contributed by atoms with Crippen LogP contribution in [0.1, 0.15) is 18.5 Å². The van der Waals surface area contributed by atoms with Crippen LogP contribution in [-0.4, -0.2) is 68.6 Å². The molecule has 1 heterocycles. The van der Waals surface area contributed by atoms with Gasteiger partial charge in [-0.15, -0.1) is 0 Å². The number of carbonyl (C=O) groups excluding carboxylic acids is 3. The summed E-state index contributed by atoms with van der Waals surface area (Å²) in [5, 5.41) is 22.3. The Morgan fingerprint density at radius 3 is 2.35 bits per heavy atom. The maximum atomic E-state index is 12.2. The molecule has 26 heavy (non-hydrogen) atoms. The number of aromatic nitrogens is 2. The minimum Gasteiger partial charge on any atom is -0.480 e. The van der Waals surface area contributed by atoms with E-state index in [2.05, 4.69) is 20.6 Å². The summed E-state index contributed by atoms with van der Waals surface area (Å²) in [5.74, 6) is -3.71. The monoisotopic (exact) mass is 370 g/mol. The Morgan fingerprint density at radius 2 is 1.85 bits per heavy atom. The van der Waals surface area contributed by atoms with Gasteiger partial charge in [0.2, 0.25) is 17.7 Å². The van der Waals surface area contributed by atoms with Gasteiger partial charge in [-0.1, -0.05) is 0 Å². The second-order valence-corrected chi connectivity index (χ2v) is 5.54. The largest absolute Gasteiger partial charge is 0.480 e. The minimum atomic E-state index is -1.55. The minimum absolute atomic E-state index is 0.129. The summed E-state index contributed by atoms with van der Waals surface area (Å²) >= 11 is 0. The van der Waals surface area contributed by atoms with Crippen molar-refractivity contribution < 1.29 is 29.4 Å². The molecule has 0 radical (unpaired) electrons. The number of aliphatic hydroxyl groups excluding tert-OH is 1. The molecular weight excluding hydrogens is 348 g/mol. The number of amides is 3. The zero-order valence-electron chi connectivity index (χ0n) is 13.8. The molecule has 12 heteroatoms. The van der Waals surface area contributed by atoms with Crippen LogP contribution in [0.15, 0.2) is 12.5 Å². The second kappa shape index (κ2) is 10.1. The topological polar surface area (TPSA) is 214 Å². The number of carbonyl (C=O) groups is 4. The van der Waals surface area contributed by atoms with E-state index in [9.17, 15) is 19.2 Å². The van der Waals surface area contributed by atoms with Crippen molar-refractivity contribution in [3.63, 3.8) is 0 Å². The normalized spacial score (nSPS) is 14.1. The lowest BCUT2D eigenvalue weighted by atomic mass is 10.1. The molecule has 0 aliphatic heterocycles. The van der Waals surface area contributed by atoms with E-state index < -0.39 is 48.4 Å². The maximum Gasteiger partial charge on any atom is 0.328 e. The van der Waals surface area contributed by atoms with Gasteiger partial charge in [0.1, 0.15) is 12.1 Å². The third kappa shape index (κ3) is 6.86. The first-order valence-electron chi connectivity index (χ1n) is 7.70. The zero-order valence-corrected chi connectivity index (χ0v) is 13.8. The molecule has 0 bridgehead atoms. The molecule has 0 aliphatic rings. The van der Waals surface area contributed by atoms with E-state index in [1.54, 1.807) is 0 Å². The van der Waals surface area contributed by atoms with Gasteiger partial charge in [-0.2, -0.15) is 0 Å². The molecule has 144 valence electrons. The van der Waals surface area contributed by atoms with Gasteiger partial charge in [0.25, 0.3) is 0 Å². The van der Waals surface area contributed by atoms with Crippen LogP contribution < -0.4 is 22.1 Å². The first-order valence-corrected chi connectivity index (χ1v) is 7.70. The van der Waals surface area contributed by atoms with Crippen LogP contribution in [0.5, 0.6) is 0 Å².